The van der Waals surface area contributed by atoms with Crippen LogP contribution in [0.3, 0.4) is 0 Å². The van der Waals surface area contributed by atoms with Crippen LogP contribution in [0.2, 0.25) is 0 Å². The third-order valence-corrected chi connectivity index (χ3v) is 3.67. The van der Waals surface area contributed by atoms with Crippen molar-refractivity contribution in [2.24, 2.45) is 0 Å². The number of rotatable bonds is 4. The van der Waals surface area contributed by atoms with Crippen LogP contribution in [0.25, 0.3) is 0 Å². The molecule has 0 atom stereocenters. The Hall–Kier alpha value is -2.88. The summed E-state index contributed by atoms with van der Waals surface area (Å²) in [7, 11) is 0. The molecule has 0 aliphatic carbocycles. The molecule has 0 radical (unpaired) electrons. The topological polar surface area (TPSA) is 46.6 Å². The van der Waals surface area contributed by atoms with Crippen LogP contribution in [-0.4, -0.2) is 23.3 Å². The molecule has 1 aliphatic heterocycles. The number of aryl methyl sites for hydroxylation is 1. The Bertz CT molecular complexity index is 748. The summed E-state index contributed by atoms with van der Waals surface area (Å²) in [6.07, 6.45) is 0.972. The summed E-state index contributed by atoms with van der Waals surface area (Å²) in [6.45, 7) is 2.80. The Morgan fingerprint density at radius 3 is 2.52 bits per heavy atom. The lowest BCUT2D eigenvalue weighted by atomic mass is 10.1. The number of ketones is 1. The van der Waals surface area contributed by atoms with E-state index >= 15 is 0 Å². The molecule has 1 amide bonds. The van der Waals surface area contributed by atoms with Gasteiger partial charge in [0.25, 0.3) is 0 Å². The van der Waals surface area contributed by atoms with Gasteiger partial charge in [-0.3, -0.25) is 9.69 Å². The van der Waals surface area contributed by atoms with Gasteiger partial charge in [-0.15, -0.1) is 0 Å². The van der Waals surface area contributed by atoms with Gasteiger partial charge < -0.3 is 4.74 Å². The van der Waals surface area contributed by atoms with Gasteiger partial charge in [-0.1, -0.05) is 60.2 Å². The van der Waals surface area contributed by atoms with Crippen LogP contribution in [0.15, 0.2) is 66.4 Å². The number of hydrogen-bond donors (Lipinski definition) is 0. The van der Waals surface area contributed by atoms with Crippen molar-refractivity contribution in [3.8, 4) is 0 Å². The molecule has 0 N–H and O–H groups in total. The summed E-state index contributed by atoms with van der Waals surface area (Å²) in [5.74, 6) is 0.224. The number of ether oxygens (including phenoxy) is 1. The van der Waals surface area contributed by atoms with E-state index in [4.69, 9.17) is 4.74 Å². The first kappa shape index (κ1) is 15.0. The first-order valence-electron chi connectivity index (χ1n) is 7.44. The zero-order valence-electron chi connectivity index (χ0n) is 12.9. The van der Waals surface area contributed by atoms with Crippen LogP contribution in [0.5, 0.6) is 0 Å². The maximum atomic E-state index is 12.1. The molecule has 2 aromatic carbocycles. The Labute approximate surface area is 135 Å². The molecular weight excluding hydrogens is 290 g/mol. The Kier molecular flexibility index (Phi) is 4.24. The van der Waals surface area contributed by atoms with E-state index in [0.717, 1.165) is 5.56 Å². The largest absolute Gasteiger partial charge is 0.415 e. The summed E-state index contributed by atoms with van der Waals surface area (Å²) in [4.78, 5) is 25.6. The first-order valence-corrected chi connectivity index (χ1v) is 7.44. The van der Waals surface area contributed by atoms with E-state index in [0.29, 0.717) is 24.4 Å². The van der Waals surface area contributed by atoms with Crippen molar-refractivity contribution in [3.05, 3.63) is 83.1 Å². The number of carbonyl (C=O) groups is 2. The maximum absolute atomic E-state index is 12.1. The van der Waals surface area contributed by atoms with E-state index < -0.39 is 6.09 Å². The number of allylic oxidation sites excluding steroid dienone is 1. The molecule has 1 fully saturated rings. The molecule has 1 aliphatic rings. The smallest absolute Gasteiger partial charge is 0.413 e. The van der Waals surface area contributed by atoms with Gasteiger partial charge in [0.05, 0.1) is 6.54 Å². The number of hydrogen-bond acceptors (Lipinski definition) is 3. The maximum Gasteiger partial charge on any atom is 0.415 e. The van der Waals surface area contributed by atoms with Crippen LogP contribution in [0.1, 0.15) is 21.5 Å². The fraction of sp³-hybridized carbons (Fsp3) is 0.158. The minimum absolute atomic E-state index is 0.161. The van der Waals surface area contributed by atoms with Crippen molar-refractivity contribution in [2.75, 3.05) is 6.54 Å². The number of nitrogens with zero attached hydrogens (tertiary/aromatic N) is 1. The summed E-state index contributed by atoms with van der Waals surface area (Å²) >= 11 is 0. The van der Waals surface area contributed by atoms with E-state index in [-0.39, 0.29) is 5.78 Å². The van der Waals surface area contributed by atoms with Gasteiger partial charge in [0.1, 0.15) is 5.76 Å². The van der Waals surface area contributed by atoms with Gasteiger partial charge in [-0.2, -0.15) is 0 Å². The molecule has 0 saturated carbocycles. The summed E-state index contributed by atoms with van der Waals surface area (Å²) < 4.78 is 5.19. The lowest BCUT2D eigenvalue weighted by Gasteiger charge is -2.11. The zero-order valence-corrected chi connectivity index (χ0v) is 12.9. The monoisotopic (exact) mass is 307 g/mol. The van der Waals surface area contributed by atoms with Crippen molar-refractivity contribution < 1.29 is 14.3 Å². The van der Waals surface area contributed by atoms with Gasteiger partial charge in [-0.05, 0) is 12.5 Å². The molecule has 2 aromatic rings. The molecule has 3 rings (SSSR count). The summed E-state index contributed by atoms with van der Waals surface area (Å²) in [6, 6.07) is 16.9. The minimum Gasteiger partial charge on any atom is -0.413 e. The highest BCUT2D eigenvalue weighted by atomic mass is 16.6. The second-order valence-electron chi connectivity index (χ2n) is 5.55. The summed E-state index contributed by atoms with van der Waals surface area (Å²) in [5, 5.41) is 0. The molecule has 4 heteroatoms. The third-order valence-electron chi connectivity index (χ3n) is 3.67. The molecule has 116 valence electrons. The van der Waals surface area contributed by atoms with E-state index in [9.17, 15) is 9.59 Å². The van der Waals surface area contributed by atoms with Gasteiger partial charge in [0.15, 0.2) is 5.78 Å². The van der Waals surface area contributed by atoms with Crippen molar-refractivity contribution >= 4 is 11.9 Å². The Morgan fingerprint density at radius 1 is 1.13 bits per heavy atom. The normalized spacial score (nSPS) is 15.8. The number of amides is 1. The van der Waals surface area contributed by atoms with Gasteiger partial charge in [0, 0.05) is 18.2 Å². The fourth-order valence-corrected chi connectivity index (χ4v) is 2.40. The number of benzene rings is 2. The highest BCUT2D eigenvalue weighted by Crippen LogP contribution is 2.18. The highest BCUT2D eigenvalue weighted by molar-refractivity contribution is 6.05. The first-order chi connectivity index (χ1) is 11.1. The molecule has 1 saturated heterocycles. The van der Waals surface area contributed by atoms with Crippen molar-refractivity contribution in [2.45, 2.75) is 13.5 Å². The Morgan fingerprint density at radius 2 is 1.83 bits per heavy atom. The molecule has 0 unspecified atom stereocenters. The SMILES string of the molecule is Cc1ccc(CN2CC(=CC(=O)c3ccccc3)OC2=O)cc1. The third kappa shape index (κ3) is 3.66. The number of carbonyl (C=O) groups excluding carboxylic acids is 2. The Balaban J connectivity index is 1.68. The predicted octanol–water partition coefficient (Wildman–Crippen LogP) is 3.71. The second kappa shape index (κ2) is 6.48. The minimum atomic E-state index is -0.419. The van der Waals surface area contributed by atoms with Crippen LogP contribution in [0.4, 0.5) is 4.79 Å². The number of cyclic esters (lactones) is 1. The lowest BCUT2D eigenvalue weighted by molar-refractivity contribution is 0.104. The van der Waals surface area contributed by atoms with Crippen LogP contribution < -0.4 is 0 Å². The highest BCUT2D eigenvalue weighted by Gasteiger charge is 2.27. The lowest BCUT2D eigenvalue weighted by Crippen LogP contribution is -2.23. The van der Waals surface area contributed by atoms with E-state index in [2.05, 4.69) is 0 Å². The quantitative estimate of drug-likeness (QED) is 0.639. The molecule has 23 heavy (non-hydrogen) atoms. The molecule has 0 spiro atoms. The van der Waals surface area contributed by atoms with Crippen LogP contribution >= 0.6 is 0 Å². The predicted molar refractivity (Wildman–Crippen MR) is 86.9 cm³/mol. The molecule has 4 nitrogen and oxygen atoms in total. The van der Waals surface area contributed by atoms with Crippen LogP contribution in [-0.2, 0) is 11.3 Å². The summed E-state index contributed by atoms with van der Waals surface area (Å²) in [5.41, 5.74) is 2.78. The molecule has 0 bridgehead atoms. The fourth-order valence-electron chi connectivity index (χ4n) is 2.40. The van der Waals surface area contributed by atoms with Crippen molar-refractivity contribution in [3.63, 3.8) is 0 Å². The standard InChI is InChI=1S/C19H17NO3/c1-14-7-9-15(10-8-14)12-20-13-17(23-19(20)22)11-18(21)16-5-3-2-4-6-16/h2-11H,12-13H2,1H3. The van der Waals surface area contributed by atoms with Gasteiger partial charge in [-0.25, -0.2) is 4.79 Å². The van der Waals surface area contributed by atoms with E-state index in [1.165, 1.54) is 11.6 Å². The van der Waals surface area contributed by atoms with Gasteiger partial charge in [0.2, 0.25) is 0 Å². The van der Waals surface area contributed by atoms with Gasteiger partial charge >= 0.3 is 6.09 Å². The zero-order chi connectivity index (χ0) is 16.2. The van der Waals surface area contributed by atoms with Crippen LogP contribution in [0, 0.1) is 6.92 Å². The second-order valence-corrected chi connectivity index (χ2v) is 5.55. The average molecular weight is 307 g/mol. The molecule has 1 heterocycles. The van der Waals surface area contributed by atoms with E-state index in [1.807, 2.05) is 37.3 Å². The van der Waals surface area contributed by atoms with Crippen molar-refractivity contribution in [1.82, 2.24) is 4.90 Å². The van der Waals surface area contributed by atoms with E-state index in [1.54, 1.807) is 29.2 Å². The van der Waals surface area contributed by atoms with Crippen molar-refractivity contribution in [1.29, 1.82) is 0 Å². The average Bonchev–Trinajstić information content (AvgIpc) is 2.90. The molecule has 0 aromatic heterocycles. The molecular formula is C19H17NO3.